The van der Waals surface area contributed by atoms with Crippen LogP contribution in [-0.4, -0.2) is 45.7 Å². The average Bonchev–Trinajstić information content (AvgIpc) is 2.35. The Balaban J connectivity index is 5.07. The lowest BCUT2D eigenvalue weighted by Gasteiger charge is -2.34. The Morgan fingerprint density at radius 3 is 2.04 bits per heavy atom. The van der Waals surface area contributed by atoms with Gasteiger partial charge >= 0.3 is 12.1 Å². The summed E-state index contributed by atoms with van der Waals surface area (Å²) in [4.78, 5) is 23.0. The van der Waals surface area contributed by atoms with E-state index in [1.165, 1.54) is 34.8 Å². The van der Waals surface area contributed by atoms with E-state index in [0.717, 1.165) is 6.92 Å². The molecule has 0 aromatic rings. The number of hydrogen-bond acceptors (Lipinski definition) is 4. The van der Waals surface area contributed by atoms with Crippen LogP contribution in [0.15, 0.2) is 0 Å². The summed E-state index contributed by atoms with van der Waals surface area (Å²) in [6, 6.07) is -0.685. The molecule has 0 bridgehead atoms. The first-order chi connectivity index (χ1) is 10.6. The number of rotatable bonds is 7. The highest BCUT2D eigenvalue weighted by molar-refractivity contribution is 7.84. The smallest absolute Gasteiger partial charge is 0.407 e. The Labute approximate surface area is 142 Å². The molecule has 0 saturated heterocycles. The molecule has 0 radical (unpaired) electrons. The summed E-state index contributed by atoms with van der Waals surface area (Å²) in [5.41, 5.74) is -2.67. The second-order valence-corrected chi connectivity index (χ2v) is 8.70. The van der Waals surface area contributed by atoms with Gasteiger partial charge in [-0.2, -0.15) is 13.2 Å². The molecule has 6 nitrogen and oxygen atoms in total. The number of esters is 1. The Morgan fingerprint density at radius 2 is 1.67 bits per heavy atom. The van der Waals surface area contributed by atoms with E-state index in [2.05, 4.69) is 10.1 Å². The molecule has 0 heterocycles. The minimum atomic E-state index is -4.79. The van der Waals surface area contributed by atoms with Gasteiger partial charge in [-0.15, -0.1) is 0 Å². The fourth-order valence-electron chi connectivity index (χ4n) is 1.58. The maximum Gasteiger partial charge on any atom is 0.407 e. The Morgan fingerprint density at radius 1 is 1.17 bits per heavy atom. The van der Waals surface area contributed by atoms with Crippen LogP contribution >= 0.6 is 0 Å². The van der Waals surface area contributed by atoms with Crippen molar-refractivity contribution in [3.05, 3.63) is 0 Å². The van der Waals surface area contributed by atoms with Gasteiger partial charge in [-0.1, -0.05) is 0 Å². The zero-order chi connectivity index (χ0) is 19.3. The maximum absolute atomic E-state index is 13.4. The predicted molar refractivity (Wildman–Crippen MR) is 84.3 cm³/mol. The van der Waals surface area contributed by atoms with Gasteiger partial charge in [-0.25, -0.2) is 8.93 Å². The first-order valence-corrected chi connectivity index (χ1v) is 8.40. The van der Waals surface area contributed by atoms with Crippen molar-refractivity contribution in [3.8, 4) is 0 Å². The van der Waals surface area contributed by atoms with Crippen LogP contribution in [0, 0.1) is 0 Å². The number of alkyl halides is 3. The maximum atomic E-state index is 13.4. The lowest BCUT2D eigenvalue weighted by Crippen LogP contribution is -2.59. The monoisotopic (exact) mass is 374 g/mol. The van der Waals surface area contributed by atoms with Crippen LogP contribution in [0.3, 0.4) is 0 Å². The van der Waals surface area contributed by atoms with E-state index >= 15 is 0 Å². The van der Waals surface area contributed by atoms with E-state index in [0.29, 0.717) is 0 Å². The Bertz CT molecular complexity index is 491. The molecule has 2 N–H and O–H groups in total. The SMILES string of the molecule is COC(=O)C[C@H](C)NC(=O)C[C@](C)(N[S@](=O)C(C)(C)C)C(F)(F)F. The van der Waals surface area contributed by atoms with Crippen LogP contribution in [-0.2, 0) is 25.3 Å². The van der Waals surface area contributed by atoms with Gasteiger partial charge in [0.2, 0.25) is 5.91 Å². The third-order valence-corrected chi connectivity index (χ3v) is 4.87. The van der Waals surface area contributed by atoms with Crippen LogP contribution < -0.4 is 10.0 Å². The van der Waals surface area contributed by atoms with Crippen molar-refractivity contribution in [2.45, 2.75) is 70.0 Å². The highest BCUT2D eigenvalue weighted by Crippen LogP contribution is 2.34. The van der Waals surface area contributed by atoms with Gasteiger partial charge in [0.05, 0.1) is 35.7 Å². The normalized spacial score (nSPS) is 17.5. The Kier molecular flexibility index (Phi) is 7.88. The van der Waals surface area contributed by atoms with Gasteiger partial charge in [-0.3, -0.25) is 9.59 Å². The number of halogens is 3. The van der Waals surface area contributed by atoms with Crippen LogP contribution in [0.4, 0.5) is 13.2 Å². The molecule has 0 aliphatic heterocycles. The van der Waals surface area contributed by atoms with Crippen molar-refractivity contribution in [3.63, 3.8) is 0 Å². The van der Waals surface area contributed by atoms with Crippen molar-refractivity contribution in [2.75, 3.05) is 7.11 Å². The summed E-state index contributed by atoms with van der Waals surface area (Å²) in [7, 11) is -0.847. The van der Waals surface area contributed by atoms with Crippen LogP contribution in [0.2, 0.25) is 0 Å². The molecule has 0 saturated carbocycles. The number of amides is 1. The lowest BCUT2D eigenvalue weighted by molar-refractivity contribution is -0.189. The molecule has 0 aromatic heterocycles. The molecule has 0 aliphatic rings. The summed E-state index contributed by atoms with van der Waals surface area (Å²) < 4.78 is 57.6. The molecule has 0 rings (SSSR count). The quantitative estimate of drug-likeness (QED) is 0.666. The summed E-state index contributed by atoms with van der Waals surface area (Å²) in [6.45, 7) is 6.81. The van der Waals surface area contributed by atoms with Crippen molar-refractivity contribution >= 4 is 22.9 Å². The van der Waals surface area contributed by atoms with Crippen molar-refractivity contribution in [2.24, 2.45) is 0 Å². The standard InChI is InChI=1S/C14H25F3N2O4S/c1-9(7-11(21)23-6)18-10(20)8-13(5,14(15,16)17)19-24(22)12(2,3)4/h9,19H,7-8H2,1-6H3,(H,18,20)/t9-,13-,24+/m0/s1. The minimum Gasteiger partial charge on any atom is -0.469 e. The fraction of sp³-hybridized carbons (Fsp3) is 0.857. The predicted octanol–water partition coefficient (Wildman–Crippen LogP) is 1.82. The van der Waals surface area contributed by atoms with Gasteiger partial charge < -0.3 is 10.1 Å². The van der Waals surface area contributed by atoms with Gasteiger partial charge in [0, 0.05) is 6.04 Å². The first-order valence-electron chi connectivity index (χ1n) is 7.25. The third kappa shape index (κ3) is 7.16. The van der Waals surface area contributed by atoms with Crippen molar-refractivity contribution < 1.29 is 31.7 Å². The molecule has 3 atom stereocenters. The molecule has 0 aliphatic carbocycles. The highest BCUT2D eigenvalue weighted by Gasteiger charge is 2.54. The van der Waals surface area contributed by atoms with Gasteiger partial charge in [0.15, 0.2) is 0 Å². The summed E-state index contributed by atoms with van der Waals surface area (Å²) in [5, 5.41) is 2.31. The lowest BCUT2D eigenvalue weighted by atomic mass is 9.98. The summed E-state index contributed by atoms with van der Waals surface area (Å²) >= 11 is 0. The zero-order valence-electron chi connectivity index (χ0n) is 14.7. The molecular weight excluding hydrogens is 349 g/mol. The van der Waals surface area contributed by atoms with E-state index in [1.807, 2.05) is 4.72 Å². The second-order valence-electron chi connectivity index (χ2n) is 6.74. The number of nitrogens with one attached hydrogen (secondary N) is 2. The number of carbonyl (C=O) groups excluding carboxylic acids is 2. The molecule has 1 amide bonds. The van der Waals surface area contributed by atoms with E-state index in [4.69, 9.17) is 0 Å². The van der Waals surface area contributed by atoms with Crippen LogP contribution in [0.5, 0.6) is 0 Å². The second kappa shape index (κ2) is 8.28. The zero-order valence-corrected chi connectivity index (χ0v) is 15.5. The van der Waals surface area contributed by atoms with Gasteiger partial charge in [0.25, 0.3) is 0 Å². The third-order valence-electron chi connectivity index (χ3n) is 3.12. The van der Waals surface area contributed by atoms with Gasteiger partial charge in [-0.05, 0) is 34.6 Å². The molecule has 0 spiro atoms. The van der Waals surface area contributed by atoms with E-state index in [9.17, 15) is 27.0 Å². The number of methoxy groups -OCH3 is 1. The van der Waals surface area contributed by atoms with E-state index in [1.54, 1.807) is 0 Å². The molecular formula is C14H25F3N2O4S. The van der Waals surface area contributed by atoms with Crippen LogP contribution in [0.1, 0.15) is 47.5 Å². The summed E-state index contributed by atoms with van der Waals surface area (Å²) in [6.07, 6.45) is -5.92. The molecule has 24 heavy (non-hydrogen) atoms. The molecule has 0 unspecified atom stereocenters. The first kappa shape index (κ1) is 22.8. The number of ether oxygens (including phenoxy) is 1. The largest absolute Gasteiger partial charge is 0.469 e. The van der Waals surface area contributed by atoms with E-state index in [-0.39, 0.29) is 6.42 Å². The highest BCUT2D eigenvalue weighted by atomic mass is 32.2. The number of hydrogen-bond donors (Lipinski definition) is 2. The summed E-state index contributed by atoms with van der Waals surface area (Å²) in [5.74, 6) is -1.50. The fourth-order valence-corrected chi connectivity index (χ4v) is 2.49. The average molecular weight is 374 g/mol. The molecule has 142 valence electrons. The topological polar surface area (TPSA) is 84.5 Å². The molecule has 0 aromatic carbocycles. The molecule has 10 heteroatoms. The Hall–Kier alpha value is -1.16. The minimum absolute atomic E-state index is 0.160. The number of carbonyl (C=O) groups is 2. The van der Waals surface area contributed by atoms with Gasteiger partial charge in [0.1, 0.15) is 5.54 Å². The van der Waals surface area contributed by atoms with Crippen LogP contribution in [0.25, 0.3) is 0 Å². The van der Waals surface area contributed by atoms with E-state index < -0.39 is 51.8 Å². The van der Waals surface area contributed by atoms with Crippen molar-refractivity contribution in [1.82, 2.24) is 10.0 Å². The van der Waals surface area contributed by atoms with Crippen molar-refractivity contribution in [1.29, 1.82) is 0 Å². The molecule has 0 fully saturated rings.